The van der Waals surface area contributed by atoms with Gasteiger partial charge in [-0.15, -0.1) is 0 Å². The molecule has 0 amide bonds. The first-order valence-electron chi connectivity index (χ1n) is 7.17. The van der Waals surface area contributed by atoms with Crippen LogP contribution in [-0.2, 0) is 16.3 Å². The Bertz CT molecular complexity index is 545. The highest BCUT2D eigenvalue weighted by Crippen LogP contribution is 2.24. The summed E-state index contributed by atoms with van der Waals surface area (Å²) in [4.78, 5) is 0. The fourth-order valence-electron chi connectivity index (χ4n) is 2.94. The third-order valence-corrected chi connectivity index (χ3v) is 5.88. The van der Waals surface area contributed by atoms with Gasteiger partial charge in [-0.2, -0.15) is 0 Å². The zero-order valence-corrected chi connectivity index (χ0v) is 13.4. The van der Waals surface area contributed by atoms with E-state index < -0.39 is 9.84 Å². The lowest BCUT2D eigenvalue weighted by Gasteiger charge is -2.21. The summed E-state index contributed by atoms with van der Waals surface area (Å²) in [6.45, 7) is 2.97. The van der Waals surface area contributed by atoms with Crippen LogP contribution in [0.15, 0.2) is 24.3 Å². The van der Waals surface area contributed by atoms with Crippen molar-refractivity contribution in [2.45, 2.75) is 32.2 Å². The lowest BCUT2D eigenvalue weighted by molar-refractivity contribution is 0.409. The van der Waals surface area contributed by atoms with Crippen LogP contribution in [0.25, 0.3) is 0 Å². The van der Waals surface area contributed by atoms with Gasteiger partial charge in [-0.1, -0.05) is 30.7 Å². The molecule has 3 nitrogen and oxygen atoms in total. The normalized spacial score (nSPS) is 22.8. The number of halogens is 1. The molecule has 1 aromatic carbocycles. The summed E-state index contributed by atoms with van der Waals surface area (Å²) in [6.07, 6.45) is 2.62. The molecule has 1 N–H and O–H groups in total. The molecular weight excluding hydrogens is 294 g/mol. The Hall–Kier alpha value is -0.580. The fraction of sp³-hybridized carbons (Fsp3) is 0.600. The van der Waals surface area contributed by atoms with Gasteiger partial charge in [-0.05, 0) is 49.4 Å². The van der Waals surface area contributed by atoms with E-state index in [-0.39, 0.29) is 0 Å². The van der Waals surface area contributed by atoms with Crippen LogP contribution in [0.4, 0.5) is 0 Å². The van der Waals surface area contributed by atoms with Crippen molar-refractivity contribution in [3.63, 3.8) is 0 Å². The average Bonchev–Trinajstić information content (AvgIpc) is 2.69. The Morgan fingerprint density at radius 1 is 1.45 bits per heavy atom. The highest BCUT2D eigenvalue weighted by Gasteiger charge is 2.29. The molecule has 5 heteroatoms. The molecule has 0 spiro atoms. The molecule has 0 saturated carbocycles. The van der Waals surface area contributed by atoms with Crippen molar-refractivity contribution in [3.8, 4) is 0 Å². The Morgan fingerprint density at radius 3 is 2.85 bits per heavy atom. The number of sulfone groups is 1. The van der Waals surface area contributed by atoms with Crippen LogP contribution in [-0.4, -0.2) is 32.5 Å². The van der Waals surface area contributed by atoms with E-state index in [0.29, 0.717) is 23.5 Å². The summed E-state index contributed by atoms with van der Waals surface area (Å²) >= 11 is 6.01. The lowest BCUT2D eigenvalue weighted by Crippen LogP contribution is -2.33. The van der Waals surface area contributed by atoms with Gasteiger partial charge in [0.05, 0.1) is 11.5 Å². The molecule has 1 heterocycles. The lowest BCUT2D eigenvalue weighted by atomic mass is 9.94. The van der Waals surface area contributed by atoms with Crippen molar-refractivity contribution in [3.05, 3.63) is 34.9 Å². The first-order valence-corrected chi connectivity index (χ1v) is 9.36. The van der Waals surface area contributed by atoms with Gasteiger partial charge < -0.3 is 5.32 Å². The van der Waals surface area contributed by atoms with E-state index in [1.165, 1.54) is 5.56 Å². The molecular formula is C15H22ClNO2S. The Morgan fingerprint density at radius 2 is 2.25 bits per heavy atom. The van der Waals surface area contributed by atoms with E-state index in [4.69, 9.17) is 11.6 Å². The van der Waals surface area contributed by atoms with Gasteiger partial charge in [0.15, 0.2) is 9.84 Å². The van der Waals surface area contributed by atoms with Crippen molar-refractivity contribution in [2.75, 3.05) is 18.1 Å². The summed E-state index contributed by atoms with van der Waals surface area (Å²) in [7, 11) is -2.78. The van der Waals surface area contributed by atoms with E-state index in [2.05, 4.69) is 18.3 Å². The molecule has 1 saturated heterocycles. The first-order chi connectivity index (χ1) is 9.48. The molecule has 112 valence electrons. The number of nitrogens with one attached hydrogen (secondary N) is 1. The maximum absolute atomic E-state index is 11.5. The van der Waals surface area contributed by atoms with Gasteiger partial charge in [0, 0.05) is 11.1 Å². The third-order valence-electron chi connectivity index (χ3n) is 3.81. The minimum absolute atomic E-state index is 0.295. The van der Waals surface area contributed by atoms with Crippen LogP contribution >= 0.6 is 11.6 Å². The van der Waals surface area contributed by atoms with Crippen molar-refractivity contribution in [1.82, 2.24) is 5.32 Å². The molecule has 0 radical (unpaired) electrons. The second kappa shape index (κ2) is 6.92. The summed E-state index contributed by atoms with van der Waals surface area (Å²) in [6, 6.07) is 8.20. The van der Waals surface area contributed by atoms with Crippen LogP contribution < -0.4 is 5.32 Å². The highest BCUT2D eigenvalue weighted by molar-refractivity contribution is 7.91. The van der Waals surface area contributed by atoms with Crippen molar-refractivity contribution in [2.24, 2.45) is 5.92 Å². The van der Waals surface area contributed by atoms with E-state index >= 15 is 0 Å². The van der Waals surface area contributed by atoms with Crippen LogP contribution in [0.5, 0.6) is 0 Å². The second-order valence-corrected chi connectivity index (χ2v) is 8.26. The van der Waals surface area contributed by atoms with Gasteiger partial charge in [-0.3, -0.25) is 0 Å². The average molecular weight is 316 g/mol. The minimum atomic E-state index is -2.78. The molecule has 1 aromatic rings. The first kappa shape index (κ1) is 15.8. The van der Waals surface area contributed by atoms with Crippen LogP contribution in [0.1, 0.15) is 25.3 Å². The van der Waals surface area contributed by atoms with Crippen LogP contribution in [0, 0.1) is 5.92 Å². The summed E-state index contributed by atoms with van der Waals surface area (Å²) in [5.41, 5.74) is 1.20. The van der Waals surface area contributed by atoms with Crippen molar-refractivity contribution < 1.29 is 8.42 Å². The molecule has 1 aliphatic heterocycles. The van der Waals surface area contributed by atoms with E-state index in [1.807, 2.05) is 18.2 Å². The highest BCUT2D eigenvalue weighted by atomic mass is 35.5. The van der Waals surface area contributed by atoms with Gasteiger partial charge in [0.25, 0.3) is 0 Å². The maximum atomic E-state index is 11.5. The topological polar surface area (TPSA) is 46.2 Å². The third kappa shape index (κ3) is 4.76. The Labute approximate surface area is 126 Å². The largest absolute Gasteiger partial charge is 0.314 e. The molecule has 1 aliphatic rings. The predicted molar refractivity (Wildman–Crippen MR) is 84.0 cm³/mol. The minimum Gasteiger partial charge on any atom is -0.314 e. The SMILES string of the molecule is CCNC(Cc1cccc(Cl)c1)CC1CCS(=O)(=O)C1. The quantitative estimate of drug-likeness (QED) is 0.878. The molecule has 0 bridgehead atoms. The standard InChI is InChI=1S/C15H22ClNO2S/c1-2-17-15(9-12-4-3-5-14(16)8-12)10-13-6-7-20(18,19)11-13/h3-5,8,13,15,17H,2,6-7,9-11H2,1H3. The van der Waals surface area contributed by atoms with Crippen molar-refractivity contribution >= 4 is 21.4 Å². The summed E-state index contributed by atoms with van der Waals surface area (Å²) in [5, 5.41) is 4.22. The molecule has 2 unspecified atom stereocenters. The number of likely N-dealkylation sites (N-methyl/N-ethyl adjacent to an activating group) is 1. The fourth-order valence-corrected chi connectivity index (χ4v) is 5.03. The maximum Gasteiger partial charge on any atom is 0.150 e. The van der Waals surface area contributed by atoms with Gasteiger partial charge in [-0.25, -0.2) is 8.42 Å². The summed E-state index contributed by atoms with van der Waals surface area (Å²) in [5.74, 6) is 1.00. The van der Waals surface area contributed by atoms with Crippen LogP contribution in [0.3, 0.4) is 0 Å². The van der Waals surface area contributed by atoms with E-state index in [1.54, 1.807) is 0 Å². The molecule has 2 atom stereocenters. The predicted octanol–water partition coefficient (Wildman–Crippen LogP) is 2.69. The van der Waals surface area contributed by atoms with Gasteiger partial charge in [0.1, 0.15) is 0 Å². The number of benzene rings is 1. The van der Waals surface area contributed by atoms with Crippen molar-refractivity contribution in [1.29, 1.82) is 0 Å². The monoisotopic (exact) mass is 315 g/mol. The zero-order valence-electron chi connectivity index (χ0n) is 11.8. The van der Waals surface area contributed by atoms with E-state index in [9.17, 15) is 8.42 Å². The number of hydrogen-bond donors (Lipinski definition) is 1. The molecule has 20 heavy (non-hydrogen) atoms. The Kier molecular flexibility index (Phi) is 5.47. The van der Waals surface area contributed by atoms with E-state index in [0.717, 1.165) is 30.8 Å². The van der Waals surface area contributed by atoms with Gasteiger partial charge >= 0.3 is 0 Å². The van der Waals surface area contributed by atoms with Gasteiger partial charge in [0.2, 0.25) is 0 Å². The zero-order chi connectivity index (χ0) is 14.6. The Balaban J connectivity index is 1.97. The molecule has 0 aromatic heterocycles. The van der Waals surface area contributed by atoms with Crippen LogP contribution in [0.2, 0.25) is 5.02 Å². The summed E-state index contributed by atoms with van der Waals surface area (Å²) < 4.78 is 23.1. The number of rotatable bonds is 6. The molecule has 2 rings (SSSR count). The second-order valence-electron chi connectivity index (χ2n) is 5.59. The smallest absolute Gasteiger partial charge is 0.150 e. The molecule has 0 aliphatic carbocycles. The number of hydrogen-bond acceptors (Lipinski definition) is 3. The molecule has 1 fully saturated rings.